The number of carbonyl (C=O) groups excluding carboxylic acids is 1. The molecule has 0 spiro atoms. The van der Waals surface area contributed by atoms with E-state index in [1.165, 1.54) is 0 Å². The fourth-order valence-electron chi connectivity index (χ4n) is 0.679. The van der Waals surface area contributed by atoms with Crippen molar-refractivity contribution in [2.45, 2.75) is 0 Å². The van der Waals surface area contributed by atoms with Crippen molar-refractivity contribution in [3.05, 3.63) is 26.2 Å². The Kier molecular flexibility index (Phi) is 3.32. The fraction of sp³-hybridized carbons (Fsp3) is 0. The van der Waals surface area contributed by atoms with E-state index in [9.17, 15) is 4.79 Å². The van der Waals surface area contributed by atoms with Gasteiger partial charge in [-0.25, -0.2) is 0 Å². The topological polar surface area (TPSA) is 29.1 Å². The predicted molar refractivity (Wildman–Crippen MR) is 56.5 cm³/mol. The normalized spacial score (nSPS) is 9.27. The smallest absolute Gasteiger partial charge is 0.211 e. The first-order chi connectivity index (χ1) is 5.25. The van der Waals surface area contributed by atoms with Gasteiger partial charge in [-0.05, 0) is 50.7 Å². The number of anilines is 1. The van der Waals surface area contributed by atoms with Gasteiger partial charge in [0.05, 0.1) is 10.2 Å². The van der Waals surface area contributed by atoms with Crippen molar-refractivity contribution in [1.82, 2.24) is 0 Å². The number of hydrogen-bond acceptors (Lipinski definition) is 1. The third-order valence-electron chi connectivity index (χ3n) is 1.17. The van der Waals surface area contributed by atoms with Crippen LogP contribution in [0.25, 0.3) is 0 Å². The highest BCUT2D eigenvalue weighted by molar-refractivity contribution is 14.1. The lowest BCUT2D eigenvalue weighted by atomic mass is 10.3. The Labute approximate surface area is 86.6 Å². The van der Waals surface area contributed by atoms with Crippen molar-refractivity contribution in [1.29, 1.82) is 0 Å². The molecule has 0 unspecified atom stereocenters. The number of rotatable bonds is 2. The van der Waals surface area contributed by atoms with Gasteiger partial charge in [-0.2, -0.15) is 0 Å². The Balaban J connectivity index is 3.05. The van der Waals surface area contributed by atoms with E-state index in [0.29, 0.717) is 6.41 Å². The molecule has 0 aliphatic rings. The highest BCUT2D eigenvalue weighted by atomic mass is 127. The first-order valence-corrected chi connectivity index (χ1v) is 4.77. The highest BCUT2D eigenvalue weighted by Gasteiger charge is 2.00. The van der Waals surface area contributed by atoms with Crippen LogP contribution in [0.3, 0.4) is 0 Å². The van der Waals surface area contributed by atoms with Crippen LogP contribution in [0.4, 0.5) is 5.69 Å². The largest absolute Gasteiger partial charge is 0.328 e. The van der Waals surface area contributed by atoms with Crippen molar-refractivity contribution >= 4 is 50.6 Å². The Morgan fingerprint density at radius 1 is 1.55 bits per heavy atom. The summed E-state index contributed by atoms with van der Waals surface area (Å²) in [5.41, 5.74) is 0.798. The summed E-state index contributed by atoms with van der Waals surface area (Å²) in [5, 5.41) is 2.58. The molecule has 0 aliphatic carbocycles. The molecule has 58 valence electrons. The number of carbonyl (C=O) groups is 1. The molecule has 0 fully saturated rings. The van der Waals surface area contributed by atoms with E-state index < -0.39 is 0 Å². The van der Waals surface area contributed by atoms with Gasteiger partial charge in [0.2, 0.25) is 6.41 Å². The number of amides is 1. The van der Waals surface area contributed by atoms with Crippen LogP contribution in [0.2, 0.25) is 0 Å². The van der Waals surface area contributed by atoms with Gasteiger partial charge < -0.3 is 5.32 Å². The maximum atomic E-state index is 10.1. The number of nitrogens with one attached hydrogen (secondary N) is 1. The van der Waals surface area contributed by atoms with Crippen LogP contribution in [0.15, 0.2) is 22.7 Å². The molecule has 1 aromatic rings. The van der Waals surface area contributed by atoms with E-state index in [1.807, 2.05) is 18.2 Å². The number of halogens is 2. The molecule has 0 radical (unpaired) electrons. The molecule has 1 rings (SSSR count). The van der Waals surface area contributed by atoms with Gasteiger partial charge in [0.25, 0.3) is 0 Å². The van der Waals surface area contributed by atoms with Crippen LogP contribution in [0, 0.1) is 3.57 Å². The molecular weight excluding hydrogens is 321 g/mol. The lowest BCUT2D eigenvalue weighted by Gasteiger charge is -2.02. The van der Waals surface area contributed by atoms with Gasteiger partial charge in [-0.3, -0.25) is 4.79 Å². The van der Waals surface area contributed by atoms with Crippen molar-refractivity contribution in [3.63, 3.8) is 0 Å². The first-order valence-electron chi connectivity index (χ1n) is 2.90. The van der Waals surface area contributed by atoms with Crippen LogP contribution >= 0.6 is 38.5 Å². The molecular formula is C7H5BrINO. The maximum absolute atomic E-state index is 10.1. The Hall–Kier alpha value is -0.100. The molecule has 0 heterocycles. The molecule has 0 saturated carbocycles. The molecule has 4 heteroatoms. The molecule has 0 saturated heterocycles. The van der Waals surface area contributed by atoms with Crippen LogP contribution in [0.1, 0.15) is 0 Å². The van der Waals surface area contributed by atoms with Crippen LogP contribution < -0.4 is 5.32 Å². The summed E-state index contributed by atoms with van der Waals surface area (Å²) in [6.07, 6.45) is 0.663. The van der Waals surface area contributed by atoms with Crippen LogP contribution in [0.5, 0.6) is 0 Å². The second-order valence-electron chi connectivity index (χ2n) is 1.86. The van der Waals surface area contributed by atoms with E-state index in [1.54, 1.807) is 0 Å². The Bertz CT molecular complexity index is 277. The SMILES string of the molecule is O=CNc1cccc(I)c1Br. The lowest BCUT2D eigenvalue weighted by Crippen LogP contribution is -1.94. The van der Waals surface area contributed by atoms with Gasteiger partial charge in [0, 0.05) is 3.57 Å². The molecule has 1 amide bonds. The standard InChI is InChI=1S/C7H5BrINO/c8-7-5(9)2-1-3-6(7)10-4-11/h1-4H,(H,10,11). The minimum absolute atomic E-state index is 0.663. The second-order valence-corrected chi connectivity index (χ2v) is 3.82. The minimum atomic E-state index is 0.663. The van der Waals surface area contributed by atoms with Gasteiger partial charge in [0.1, 0.15) is 0 Å². The lowest BCUT2D eigenvalue weighted by molar-refractivity contribution is -0.105. The summed E-state index contributed by atoms with van der Waals surface area (Å²) < 4.78 is 2.00. The zero-order chi connectivity index (χ0) is 8.27. The highest BCUT2D eigenvalue weighted by Crippen LogP contribution is 2.26. The molecule has 0 aliphatic heterocycles. The molecule has 1 N–H and O–H groups in total. The van der Waals surface area contributed by atoms with Gasteiger partial charge in [0.15, 0.2) is 0 Å². The quantitative estimate of drug-likeness (QED) is 0.657. The summed E-state index contributed by atoms with van der Waals surface area (Å²) in [6.45, 7) is 0. The first kappa shape index (κ1) is 8.99. The average Bonchev–Trinajstić information content (AvgIpc) is 1.99. The summed E-state index contributed by atoms with van der Waals surface area (Å²) >= 11 is 5.54. The molecule has 0 atom stereocenters. The minimum Gasteiger partial charge on any atom is -0.328 e. The van der Waals surface area contributed by atoms with E-state index in [2.05, 4.69) is 43.8 Å². The Morgan fingerprint density at radius 2 is 2.27 bits per heavy atom. The maximum Gasteiger partial charge on any atom is 0.211 e. The van der Waals surface area contributed by atoms with Gasteiger partial charge in [-0.1, -0.05) is 6.07 Å². The van der Waals surface area contributed by atoms with Crippen molar-refractivity contribution in [2.24, 2.45) is 0 Å². The fourth-order valence-corrected chi connectivity index (χ4v) is 1.56. The molecule has 1 aromatic carbocycles. The Morgan fingerprint density at radius 3 is 2.91 bits per heavy atom. The molecule has 2 nitrogen and oxygen atoms in total. The van der Waals surface area contributed by atoms with Crippen LogP contribution in [-0.2, 0) is 4.79 Å². The average molecular weight is 326 g/mol. The van der Waals surface area contributed by atoms with Crippen LogP contribution in [-0.4, -0.2) is 6.41 Å². The molecule has 11 heavy (non-hydrogen) atoms. The second kappa shape index (κ2) is 4.06. The van der Waals surface area contributed by atoms with E-state index >= 15 is 0 Å². The molecule has 0 bridgehead atoms. The zero-order valence-corrected chi connectivity index (χ0v) is 9.22. The van der Waals surface area contributed by atoms with Gasteiger partial charge >= 0.3 is 0 Å². The van der Waals surface area contributed by atoms with E-state index in [4.69, 9.17) is 0 Å². The third kappa shape index (κ3) is 2.16. The van der Waals surface area contributed by atoms with E-state index in [-0.39, 0.29) is 0 Å². The zero-order valence-electron chi connectivity index (χ0n) is 5.47. The predicted octanol–water partition coefficient (Wildman–Crippen LogP) is 2.62. The summed E-state index contributed by atoms with van der Waals surface area (Å²) in [5.74, 6) is 0. The third-order valence-corrected chi connectivity index (χ3v) is 3.66. The number of hydrogen-bond donors (Lipinski definition) is 1. The summed E-state index contributed by atoms with van der Waals surface area (Å²) in [4.78, 5) is 10.1. The molecule has 0 aromatic heterocycles. The summed E-state index contributed by atoms with van der Waals surface area (Å²) in [7, 11) is 0. The van der Waals surface area contributed by atoms with Crippen molar-refractivity contribution < 1.29 is 4.79 Å². The van der Waals surface area contributed by atoms with Gasteiger partial charge in [-0.15, -0.1) is 0 Å². The summed E-state index contributed by atoms with van der Waals surface area (Å²) in [6, 6.07) is 5.68. The number of benzene rings is 1. The monoisotopic (exact) mass is 325 g/mol. The van der Waals surface area contributed by atoms with E-state index in [0.717, 1.165) is 13.7 Å². The van der Waals surface area contributed by atoms with Crippen molar-refractivity contribution in [3.8, 4) is 0 Å². The van der Waals surface area contributed by atoms with Crippen molar-refractivity contribution in [2.75, 3.05) is 5.32 Å².